The van der Waals surface area contributed by atoms with Gasteiger partial charge in [-0.1, -0.05) is 11.8 Å². The van der Waals surface area contributed by atoms with Crippen LogP contribution in [0.3, 0.4) is 0 Å². The van der Waals surface area contributed by atoms with Crippen LogP contribution in [0.15, 0.2) is 29.2 Å². The molecule has 1 aromatic carbocycles. The number of nitro groups is 1. The molecule has 180 valence electrons. The fraction of sp³-hybridized carbons (Fsp3) is 0.500. The molecule has 0 radical (unpaired) electrons. The molecule has 0 amide bonds. The van der Waals surface area contributed by atoms with Gasteiger partial charge < -0.3 is 23.7 Å². The van der Waals surface area contributed by atoms with Gasteiger partial charge in [0.25, 0.3) is 5.69 Å². The second kappa shape index (κ2) is 11.6. The molecule has 0 N–H and O–H groups in total. The highest BCUT2D eigenvalue weighted by Gasteiger charge is 2.52. The Kier molecular flexibility index (Phi) is 9.17. The normalized spacial score (nSPS) is 24.3. The van der Waals surface area contributed by atoms with Crippen molar-refractivity contribution < 1.29 is 47.8 Å². The molecule has 0 aromatic heterocycles. The van der Waals surface area contributed by atoms with Gasteiger partial charge in [-0.15, -0.1) is 0 Å². The molecule has 1 aliphatic heterocycles. The van der Waals surface area contributed by atoms with E-state index in [1.165, 1.54) is 31.2 Å². The first-order valence-corrected chi connectivity index (χ1v) is 10.6. The maximum Gasteiger partial charge on any atom is 0.303 e. The largest absolute Gasteiger partial charge is 0.463 e. The lowest BCUT2D eigenvalue weighted by molar-refractivity contribution is -0.384. The third kappa shape index (κ3) is 7.71. The number of ether oxygens (including phenoxy) is 5. The van der Waals surface area contributed by atoms with E-state index in [1.807, 2.05) is 0 Å². The fourth-order valence-electron chi connectivity index (χ4n) is 3.06. The third-order valence-electron chi connectivity index (χ3n) is 4.25. The number of nitrogens with zero attached hydrogens (tertiary/aromatic N) is 1. The van der Waals surface area contributed by atoms with E-state index in [-0.39, 0.29) is 12.3 Å². The second-order valence-corrected chi connectivity index (χ2v) is 8.11. The summed E-state index contributed by atoms with van der Waals surface area (Å²) in [6.07, 6.45) is -4.81. The van der Waals surface area contributed by atoms with E-state index in [9.17, 15) is 29.3 Å². The predicted octanol–water partition coefficient (Wildman–Crippen LogP) is 1.77. The molecule has 5 atom stereocenters. The van der Waals surface area contributed by atoms with Crippen LogP contribution in [0.2, 0.25) is 0 Å². The maximum atomic E-state index is 11.8. The number of carbonyl (C=O) groups excluding carboxylic acids is 4. The van der Waals surface area contributed by atoms with E-state index in [0.29, 0.717) is 4.90 Å². The van der Waals surface area contributed by atoms with Crippen LogP contribution in [-0.2, 0) is 42.9 Å². The van der Waals surface area contributed by atoms with E-state index in [0.717, 1.165) is 32.5 Å². The minimum Gasteiger partial charge on any atom is -0.463 e. The SMILES string of the molecule is CC(=O)OCC1OC(Sc2ccc([N+](=O)[O-])cc2)C(OC(C)=O)C(OC(C)=O)C1OC(C)=O. The third-order valence-corrected chi connectivity index (χ3v) is 5.40. The first-order chi connectivity index (χ1) is 15.5. The van der Waals surface area contributed by atoms with Crippen molar-refractivity contribution in [2.75, 3.05) is 6.61 Å². The summed E-state index contributed by atoms with van der Waals surface area (Å²) in [5.41, 5.74) is -1.13. The smallest absolute Gasteiger partial charge is 0.303 e. The summed E-state index contributed by atoms with van der Waals surface area (Å²) in [5.74, 6) is -2.79. The summed E-state index contributed by atoms with van der Waals surface area (Å²) in [7, 11) is 0. The van der Waals surface area contributed by atoms with Crippen LogP contribution in [0, 0.1) is 10.1 Å². The average molecular weight is 485 g/mol. The van der Waals surface area contributed by atoms with Crippen LogP contribution in [0.25, 0.3) is 0 Å². The Morgan fingerprint density at radius 1 is 0.879 bits per heavy atom. The summed E-state index contributed by atoms with van der Waals surface area (Å²) >= 11 is 1.03. The number of hydrogen-bond acceptors (Lipinski definition) is 12. The molecule has 33 heavy (non-hydrogen) atoms. The zero-order valence-electron chi connectivity index (χ0n) is 18.2. The van der Waals surface area contributed by atoms with Gasteiger partial charge in [0.15, 0.2) is 18.3 Å². The van der Waals surface area contributed by atoms with E-state index < -0.39 is 58.7 Å². The lowest BCUT2D eigenvalue weighted by atomic mass is 9.99. The standard InChI is InChI=1S/C20H23NO11S/c1-10(22)28-9-16-17(29-11(2)23)18(30-12(3)24)19(31-13(4)25)20(32-16)33-15-7-5-14(6-8-15)21(26)27/h5-8,16-20H,9H2,1-4H3. The summed E-state index contributed by atoms with van der Waals surface area (Å²) in [5, 5.41) is 10.9. The number of carbonyl (C=O) groups is 4. The maximum absolute atomic E-state index is 11.8. The van der Waals surface area contributed by atoms with Crippen LogP contribution in [-0.4, -0.2) is 65.3 Å². The number of nitro benzene ring substituents is 1. The number of non-ortho nitro benzene ring substituents is 1. The Hall–Kier alpha value is -3.19. The van der Waals surface area contributed by atoms with E-state index >= 15 is 0 Å². The van der Waals surface area contributed by atoms with Crippen LogP contribution in [0.1, 0.15) is 27.7 Å². The molecule has 0 saturated carbocycles. The van der Waals surface area contributed by atoms with Gasteiger partial charge in [-0.3, -0.25) is 29.3 Å². The molecule has 13 heteroatoms. The minimum atomic E-state index is -1.28. The van der Waals surface area contributed by atoms with Gasteiger partial charge in [-0.25, -0.2) is 0 Å². The number of thioether (sulfide) groups is 1. The van der Waals surface area contributed by atoms with Crippen molar-refractivity contribution in [2.24, 2.45) is 0 Å². The highest BCUT2D eigenvalue weighted by atomic mass is 32.2. The predicted molar refractivity (Wildman–Crippen MR) is 111 cm³/mol. The molecule has 12 nitrogen and oxygen atoms in total. The van der Waals surface area contributed by atoms with Crippen LogP contribution >= 0.6 is 11.8 Å². The molecule has 1 heterocycles. The van der Waals surface area contributed by atoms with Crippen molar-refractivity contribution in [2.45, 2.75) is 62.4 Å². The van der Waals surface area contributed by atoms with Gasteiger partial charge in [-0.05, 0) is 12.1 Å². The molecule has 2 rings (SSSR count). The quantitative estimate of drug-likeness (QED) is 0.228. The summed E-state index contributed by atoms with van der Waals surface area (Å²) in [6, 6.07) is 5.51. The van der Waals surface area contributed by atoms with Gasteiger partial charge in [0.2, 0.25) is 0 Å². The molecule has 1 fully saturated rings. The number of esters is 4. The summed E-state index contributed by atoms with van der Waals surface area (Å²) in [4.78, 5) is 57.5. The molecule has 0 spiro atoms. The molecular weight excluding hydrogens is 462 g/mol. The topological polar surface area (TPSA) is 158 Å². The zero-order chi connectivity index (χ0) is 24.7. The first-order valence-electron chi connectivity index (χ1n) is 9.69. The lowest BCUT2D eigenvalue weighted by Crippen LogP contribution is -2.61. The average Bonchev–Trinajstić information content (AvgIpc) is 2.70. The number of benzene rings is 1. The number of rotatable bonds is 8. The highest BCUT2D eigenvalue weighted by molar-refractivity contribution is 7.99. The van der Waals surface area contributed by atoms with Crippen molar-refractivity contribution in [3.8, 4) is 0 Å². The van der Waals surface area contributed by atoms with Crippen molar-refractivity contribution >= 4 is 41.3 Å². The van der Waals surface area contributed by atoms with E-state index in [4.69, 9.17) is 23.7 Å². The molecule has 1 aromatic rings. The zero-order valence-corrected chi connectivity index (χ0v) is 19.1. The molecule has 1 saturated heterocycles. The van der Waals surface area contributed by atoms with Crippen molar-refractivity contribution in [3.05, 3.63) is 34.4 Å². The van der Waals surface area contributed by atoms with Crippen LogP contribution in [0.4, 0.5) is 5.69 Å². The summed E-state index contributed by atoms with van der Waals surface area (Å²) < 4.78 is 27.0. The van der Waals surface area contributed by atoms with Crippen LogP contribution < -0.4 is 0 Å². The Labute approximate surface area is 193 Å². The molecule has 0 bridgehead atoms. The van der Waals surface area contributed by atoms with Gasteiger partial charge in [-0.2, -0.15) is 0 Å². The highest BCUT2D eigenvalue weighted by Crippen LogP contribution is 2.38. The van der Waals surface area contributed by atoms with Gasteiger partial charge >= 0.3 is 23.9 Å². The van der Waals surface area contributed by atoms with E-state index in [2.05, 4.69) is 0 Å². The lowest BCUT2D eigenvalue weighted by Gasteiger charge is -2.44. The Balaban J connectivity index is 2.43. The molecular formula is C20H23NO11S. The van der Waals surface area contributed by atoms with Crippen molar-refractivity contribution in [1.29, 1.82) is 0 Å². The Morgan fingerprint density at radius 3 is 1.88 bits per heavy atom. The van der Waals surface area contributed by atoms with E-state index in [1.54, 1.807) is 0 Å². The van der Waals surface area contributed by atoms with Crippen LogP contribution in [0.5, 0.6) is 0 Å². The second-order valence-electron chi connectivity index (χ2n) is 6.94. The van der Waals surface area contributed by atoms with Crippen molar-refractivity contribution in [3.63, 3.8) is 0 Å². The Bertz CT molecular complexity index is 904. The Morgan fingerprint density at radius 2 is 1.39 bits per heavy atom. The van der Waals surface area contributed by atoms with Gasteiger partial charge in [0.1, 0.15) is 18.1 Å². The van der Waals surface area contributed by atoms with Crippen molar-refractivity contribution in [1.82, 2.24) is 0 Å². The fourth-order valence-corrected chi connectivity index (χ4v) is 4.17. The van der Waals surface area contributed by atoms with Gasteiger partial charge in [0.05, 0.1) is 4.92 Å². The minimum absolute atomic E-state index is 0.124. The molecule has 0 aliphatic carbocycles. The number of hydrogen-bond donors (Lipinski definition) is 0. The molecule has 5 unspecified atom stereocenters. The molecule has 1 aliphatic rings. The monoisotopic (exact) mass is 485 g/mol. The van der Waals surface area contributed by atoms with Gasteiger partial charge in [0, 0.05) is 44.7 Å². The summed E-state index contributed by atoms with van der Waals surface area (Å²) in [6.45, 7) is 4.24. The first kappa shape index (κ1) is 26.1.